The van der Waals surface area contributed by atoms with Gasteiger partial charge in [-0.1, -0.05) is 18.2 Å². The van der Waals surface area contributed by atoms with Crippen molar-refractivity contribution < 1.29 is 32.3 Å². The quantitative estimate of drug-likeness (QED) is 0.207. The Morgan fingerprint density at radius 1 is 1.02 bits per heavy atom. The van der Waals surface area contributed by atoms with Gasteiger partial charge >= 0.3 is 11.9 Å². The van der Waals surface area contributed by atoms with Crippen LogP contribution in [0.1, 0.15) is 78.3 Å². The number of nitrogens with one attached hydrogen (secondary N) is 2. The minimum atomic E-state index is -4.67. The molecule has 5 aromatic rings. The van der Waals surface area contributed by atoms with Crippen molar-refractivity contribution in [2.24, 2.45) is 13.0 Å². The molecule has 2 aliphatic heterocycles. The molecule has 3 fully saturated rings. The number of carbonyl (C=O) groups excluding carboxylic acids is 3. The number of hydrogen-bond acceptors (Lipinski definition) is 8. The van der Waals surface area contributed by atoms with Crippen molar-refractivity contribution in [1.82, 2.24) is 34.1 Å². The van der Waals surface area contributed by atoms with E-state index in [-0.39, 0.29) is 35.7 Å². The maximum Gasteiger partial charge on any atom is 0.433 e. The number of imidazole rings is 1. The van der Waals surface area contributed by atoms with Crippen LogP contribution in [0.5, 0.6) is 5.75 Å². The number of aryl methyl sites for hydroxylation is 1. The van der Waals surface area contributed by atoms with Gasteiger partial charge in [0.2, 0.25) is 11.8 Å². The molecule has 13 nitrogen and oxygen atoms in total. The molecule has 0 radical (unpaired) electrons. The van der Waals surface area contributed by atoms with E-state index in [2.05, 4.69) is 26.6 Å². The van der Waals surface area contributed by atoms with E-state index in [1.807, 2.05) is 23.0 Å². The first-order valence-electron chi connectivity index (χ1n) is 18.1. The Balaban J connectivity index is 0.888. The average molecular weight is 745 g/mol. The molecule has 3 aromatic heterocycles. The van der Waals surface area contributed by atoms with Crippen molar-refractivity contribution in [2.45, 2.75) is 62.7 Å². The number of methoxy groups -OCH3 is 1. The van der Waals surface area contributed by atoms with Gasteiger partial charge < -0.3 is 15.0 Å². The number of para-hydroxylation sites is 1. The zero-order valence-electron chi connectivity index (χ0n) is 29.7. The number of fused-ring (bicyclic) bond motifs is 2. The fraction of sp³-hybridized carbons (Fsp3) is 0.421. The van der Waals surface area contributed by atoms with Crippen LogP contribution in [-0.4, -0.2) is 73.3 Å². The van der Waals surface area contributed by atoms with Crippen molar-refractivity contribution in [2.75, 3.05) is 32.1 Å². The number of hydrogen-bond donors (Lipinski definition) is 2. The monoisotopic (exact) mass is 744 g/mol. The lowest BCUT2D eigenvalue weighted by atomic mass is 9.83. The van der Waals surface area contributed by atoms with Crippen LogP contribution in [0.2, 0.25) is 0 Å². The lowest BCUT2D eigenvalue weighted by Crippen LogP contribution is -2.47. The van der Waals surface area contributed by atoms with Crippen molar-refractivity contribution in [1.29, 1.82) is 0 Å². The van der Waals surface area contributed by atoms with E-state index in [4.69, 9.17) is 9.84 Å². The number of anilines is 1. The number of amides is 3. The van der Waals surface area contributed by atoms with Gasteiger partial charge in [0.15, 0.2) is 0 Å². The van der Waals surface area contributed by atoms with E-state index < -0.39 is 29.7 Å². The summed E-state index contributed by atoms with van der Waals surface area (Å²) in [5.41, 5.74) is 1.85. The highest BCUT2D eigenvalue weighted by atomic mass is 19.4. The number of rotatable bonds is 8. The number of likely N-dealkylation sites (tertiary alicyclic amines) is 1. The molecule has 1 unspecified atom stereocenters. The summed E-state index contributed by atoms with van der Waals surface area (Å²) in [6, 6.07) is 11.9. The summed E-state index contributed by atoms with van der Waals surface area (Å²) in [4.78, 5) is 56.6. The van der Waals surface area contributed by atoms with Crippen molar-refractivity contribution in [3.8, 4) is 5.75 Å². The molecule has 5 heterocycles. The number of halogens is 3. The number of ether oxygens (including phenoxy) is 1. The molecule has 2 N–H and O–H groups in total. The fourth-order valence-electron chi connectivity index (χ4n) is 8.33. The molecule has 1 saturated carbocycles. The lowest BCUT2D eigenvalue weighted by Gasteiger charge is -2.43. The Morgan fingerprint density at radius 2 is 1.78 bits per heavy atom. The van der Waals surface area contributed by atoms with Gasteiger partial charge in [0, 0.05) is 56.7 Å². The predicted octanol–water partition coefficient (Wildman–Crippen LogP) is 5.17. The van der Waals surface area contributed by atoms with Crippen molar-refractivity contribution in [3.63, 3.8) is 0 Å². The summed E-state index contributed by atoms with van der Waals surface area (Å²) >= 11 is 0. The van der Waals surface area contributed by atoms with Gasteiger partial charge in [-0.05, 0) is 67.9 Å². The van der Waals surface area contributed by atoms with E-state index >= 15 is 0 Å². The maximum atomic E-state index is 13.4. The molecule has 282 valence electrons. The highest BCUT2D eigenvalue weighted by Gasteiger charge is 2.36. The van der Waals surface area contributed by atoms with Gasteiger partial charge in [0.25, 0.3) is 5.91 Å². The minimum absolute atomic E-state index is 0.198. The molecule has 8 rings (SSSR count). The van der Waals surface area contributed by atoms with E-state index in [9.17, 15) is 32.3 Å². The molecule has 0 bridgehead atoms. The fourth-order valence-corrected chi connectivity index (χ4v) is 8.33. The van der Waals surface area contributed by atoms with Crippen LogP contribution < -0.4 is 21.1 Å². The number of carbonyl (C=O) groups is 3. The van der Waals surface area contributed by atoms with Gasteiger partial charge in [-0.3, -0.25) is 33.5 Å². The van der Waals surface area contributed by atoms with E-state index in [1.165, 1.54) is 17.7 Å². The standard InChI is InChI=1S/C38H39F3N8O5/c1-46-34-25(5-3-7-29(34)49(37(46)53)30-13-14-33(50)44-36(30)52)23-18-47(19-23)17-21-9-11-24(12-10-21)48-20-22-15-28(31(54-2)16-27(22)45-48)43-35(51)26-6-4-8-32(42-26)38(39,40)41/h3-8,15-16,20-21,23-24,30H,9-14,17-19H2,1-2H3,(H,43,51)(H,44,50,52). The second-order valence-corrected chi connectivity index (χ2v) is 14.6. The number of imide groups is 1. The normalized spacial score (nSPS) is 21.3. The van der Waals surface area contributed by atoms with Crippen LogP contribution in [0, 0.1) is 5.92 Å². The summed E-state index contributed by atoms with van der Waals surface area (Å²) in [5, 5.41) is 10.6. The molecule has 3 aliphatic rings. The van der Waals surface area contributed by atoms with Gasteiger partial charge in [-0.2, -0.15) is 18.3 Å². The Hall–Kier alpha value is -5.51. The molecule has 2 aromatic carbocycles. The zero-order valence-corrected chi connectivity index (χ0v) is 29.7. The van der Waals surface area contributed by atoms with Gasteiger partial charge in [-0.15, -0.1) is 0 Å². The number of pyridine rings is 1. The highest BCUT2D eigenvalue weighted by Crippen LogP contribution is 2.38. The Bertz CT molecular complexity index is 2350. The SMILES string of the molecule is COc1cc2nn(C3CCC(CN4CC(c5cccc6c5n(C)c(=O)n6C5CCC(=O)NC5=O)C4)CC3)cc2cc1NC(=O)c1cccc(C(F)(F)F)n1. The van der Waals surface area contributed by atoms with Crippen LogP contribution in [0.4, 0.5) is 18.9 Å². The molecular weight excluding hydrogens is 705 g/mol. The number of benzene rings is 2. The minimum Gasteiger partial charge on any atom is -0.494 e. The summed E-state index contributed by atoms with van der Waals surface area (Å²) in [6.45, 7) is 2.75. The van der Waals surface area contributed by atoms with Crippen LogP contribution in [-0.2, 0) is 22.8 Å². The van der Waals surface area contributed by atoms with Gasteiger partial charge in [0.05, 0.1) is 35.4 Å². The maximum absolute atomic E-state index is 13.4. The lowest BCUT2D eigenvalue weighted by molar-refractivity contribution is -0.141. The summed E-state index contributed by atoms with van der Waals surface area (Å²) < 4.78 is 50.1. The number of piperidine rings is 1. The zero-order chi connectivity index (χ0) is 37.9. The van der Waals surface area contributed by atoms with Crippen LogP contribution in [0.3, 0.4) is 0 Å². The molecule has 3 amide bonds. The third-order valence-corrected chi connectivity index (χ3v) is 11.1. The second-order valence-electron chi connectivity index (χ2n) is 14.6. The first-order chi connectivity index (χ1) is 25.9. The largest absolute Gasteiger partial charge is 0.494 e. The predicted molar refractivity (Wildman–Crippen MR) is 192 cm³/mol. The topological polar surface area (TPSA) is 145 Å². The van der Waals surface area contributed by atoms with Gasteiger partial charge in [-0.25, -0.2) is 9.78 Å². The number of alkyl halides is 3. The first-order valence-corrected chi connectivity index (χ1v) is 18.1. The van der Waals surface area contributed by atoms with Crippen molar-refractivity contribution >= 4 is 45.3 Å². The second kappa shape index (κ2) is 13.7. The smallest absolute Gasteiger partial charge is 0.433 e. The molecule has 0 spiro atoms. The molecule has 2 saturated heterocycles. The summed E-state index contributed by atoms with van der Waals surface area (Å²) in [6.07, 6.45) is 1.73. The van der Waals surface area contributed by atoms with E-state index in [1.54, 1.807) is 23.7 Å². The summed E-state index contributed by atoms with van der Waals surface area (Å²) in [7, 11) is 3.19. The van der Waals surface area contributed by atoms with Gasteiger partial charge in [0.1, 0.15) is 23.2 Å². The van der Waals surface area contributed by atoms with Crippen LogP contribution in [0.25, 0.3) is 21.9 Å². The highest BCUT2D eigenvalue weighted by molar-refractivity contribution is 6.05. The molecule has 16 heteroatoms. The van der Waals surface area contributed by atoms with E-state index in [0.29, 0.717) is 34.8 Å². The summed E-state index contributed by atoms with van der Waals surface area (Å²) in [5.74, 6) is -0.419. The number of nitrogens with zero attached hydrogens (tertiary/aromatic N) is 6. The van der Waals surface area contributed by atoms with Crippen molar-refractivity contribution in [3.05, 3.63) is 82.2 Å². The molecule has 1 aliphatic carbocycles. The van der Waals surface area contributed by atoms with Crippen LogP contribution >= 0.6 is 0 Å². The third kappa shape index (κ3) is 6.52. The number of aromatic nitrogens is 5. The third-order valence-electron chi connectivity index (χ3n) is 11.1. The molecular formula is C38H39F3N8O5. The first kappa shape index (κ1) is 35.5. The Labute approximate surface area is 307 Å². The Kier molecular flexibility index (Phi) is 9.02. The Morgan fingerprint density at radius 3 is 2.50 bits per heavy atom. The average Bonchev–Trinajstić information content (AvgIpc) is 3.66. The van der Waals surface area contributed by atoms with Crippen LogP contribution in [0.15, 0.2) is 59.5 Å². The molecule has 1 atom stereocenters. The van der Waals surface area contributed by atoms with E-state index in [0.717, 1.165) is 73.9 Å². The molecule has 54 heavy (non-hydrogen) atoms.